The van der Waals surface area contributed by atoms with Crippen LogP contribution in [-0.4, -0.2) is 58.8 Å². The number of rotatable bonds is 5. The van der Waals surface area contributed by atoms with Gasteiger partial charge in [-0.3, -0.25) is 19.5 Å². The molecule has 2 aliphatic heterocycles. The van der Waals surface area contributed by atoms with E-state index in [-0.39, 0.29) is 17.7 Å². The third-order valence-corrected chi connectivity index (χ3v) is 5.99. The van der Waals surface area contributed by atoms with Crippen LogP contribution in [0.1, 0.15) is 41.9 Å². The van der Waals surface area contributed by atoms with Crippen molar-refractivity contribution in [1.29, 1.82) is 0 Å². The van der Waals surface area contributed by atoms with Gasteiger partial charge in [-0.05, 0) is 56.5 Å². The number of carbonyl (C=O) groups excluding carboxylic acids is 2. The molecule has 0 aliphatic carbocycles. The summed E-state index contributed by atoms with van der Waals surface area (Å²) < 4.78 is 5.24. The second-order valence-electron chi connectivity index (χ2n) is 7.87. The van der Waals surface area contributed by atoms with Gasteiger partial charge in [0.1, 0.15) is 0 Å². The van der Waals surface area contributed by atoms with Crippen molar-refractivity contribution in [3.63, 3.8) is 0 Å². The first-order valence-electron chi connectivity index (χ1n) is 10.4. The number of nitrogens with zero attached hydrogens (tertiary/aromatic N) is 3. The summed E-state index contributed by atoms with van der Waals surface area (Å²) in [6, 6.07) is 9.62. The van der Waals surface area contributed by atoms with Gasteiger partial charge in [0.05, 0.1) is 24.4 Å². The first-order chi connectivity index (χ1) is 14.2. The molecular weight excluding hydrogens is 368 g/mol. The molecule has 0 unspecified atom stereocenters. The molecule has 2 aliphatic rings. The van der Waals surface area contributed by atoms with Gasteiger partial charge in [0, 0.05) is 31.9 Å². The summed E-state index contributed by atoms with van der Waals surface area (Å²) in [5, 5.41) is 3.04. The first kappa shape index (κ1) is 19.6. The van der Waals surface area contributed by atoms with Crippen LogP contribution in [0.25, 0.3) is 0 Å². The van der Waals surface area contributed by atoms with Gasteiger partial charge >= 0.3 is 0 Å². The fourth-order valence-corrected chi connectivity index (χ4v) is 4.37. The summed E-state index contributed by atoms with van der Waals surface area (Å²) in [4.78, 5) is 33.7. The van der Waals surface area contributed by atoms with Crippen molar-refractivity contribution in [2.45, 2.75) is 38.3 Å². The molecule has 2 fully saturated rings. The zero-order valence-corrected chi connectivity index (χ0v) is 16.6. The van der Waals surface area contributed by atoms with Gasteiger partial charge in [0.15, 0.2) is 5.76 Å². The van der Waals surface area contributed by atoms with Crippen LogP contribution >= 0.6 is 0 Å². The van der Waals surface area contributed by atoms with Gasteiger partial charge in [-0.2, -0.15) is 0 Å². The largest absolute Gasteiger partial charge is 0.459 e. The summed E-state index contributed by atoms with van der Waals surface area (Å²) >= 11 is 0. The van der Waals surface area contributed by atoms with Crippen molar-refractivity contribution in [3.8, 4) is 0 Å². The lowest BCUT2D eigenvalue weighted by Gasteiger charge is -2.41. The van der Waals surface area contributed by atoms with Crippen molar-refractivity contribution >= 4 is 11.8 Å². The van der Waals surface area contributed by atoms with E-state index in [1.165, 1.54) is 6.26 Å². The van der Waals surface area contributed by atoms with E-state index in [0.29, 0.717) is 18.3 Å². The predicted octanol–water partition coefficient (Wildman–Crippen LogP) is 2.31. The lowest BCUT2D eigenvalue weighted by Crippen LogP contribution is -2.51. The highest BCUT2D eigenvalue weighted by Crippen LogP contribution is 2.25. The molecular formula is C22H28N4O3. The Labute approximate surface area is 171 Å². The second-order valence-corrected chi connectivity index (χ2v) is 7.87. The standard InChI is InChI=1S/C22H28N4O3/c27-21(24-15-18-6-1-2-10-23-18)17-5-3-11-26(16-17)19-8-12-25(13-9-19)22(28)20-7-4-14-29-20/h1-2,4,6-7,10,14,17,19H,3,5,8-9,11-13,15-16H2,(H,24,27)/t17-/m1/s1. The first-order valence-corrected chi connectivity index (χ1v) is 10.4. The topological polar surface area (TPSA) is 78.7 Å². The summed E-state index contributed by atoms with van der Waals surface area (Å²) in [6.45, 7) is 3.77. The van der Waals surface area contributed by atoms with E-state index in [4.69, 9.17) is 4.42 Å². The molecule has 4 heterocycles. The molecule has 0 spiro atoms. The van der Waals surface area contributed by atoms with Crippen LogP contribution in [-0.2, 0) is 11.3 Å². The number of amides is 2. The molecule has 2 amide bonds. The number of hydrogen-bond acceptors (Lipinski definition) is 5. The normalized spacial score (nSPS) is 21.1. The molecule has 1 atom stereocenters. The number of pyridine rings is 1. The third kappa shape index (κ3) is 4.85. The Bertz CT molecular complexity index is 801. The molecule has 0 bridgehead atoms. The minimum absolute atomic E-state index is 0.0234. The second kappa shape index (κ2) is 9.22. The lowest BCUT2D eigenvalue weighted by atomic mass is 9.93. The summed E-state index contributed by atoms with van der Waals surface area (Å²) in [5.74, 6) is 0.519. The van der Waals surface area contributed by atoms with Crippen LogP contribution in [0.15, 0.2) is 47.2 Å². The number of aromatic nitrogens is 1. The Morgan fingerprint density at radius 2 is 1.97 bits per heavy atom. The molecule has 1 N–H and O–H groups in total. The van der Waals surface area contributed by atoms with Gasteiger partial charge in [-0.15, -0.1) is 0 Å². The van der Waals surface area contributed by atoms with Crippen LogP contribution < -0.4 is 5.32 Å². The van der Waals surface area contributed by atoms with E-state index in [1.54, 1.807) is 18.3 Å². The molecule has 0 saturated carbocycles. The maximum Gasteiger partial charge on any atom is 0.289 e. The number of likely N-dealkylation sites (tertiary alicyclic amines) is 2. The summed E-state index contributed by atoms with van der Waals surface area (Å²) in [5.41, 5.74) is 0.877. The highest BCUT2D eigenvalue weighted by Gasteiger charge is 2.33. The Hall–Kier alpha value is -2.67. The highest BCUT2D eigenvalue weighted by molar-refractivity contribution is 5.91. The molecule has 29 heavy (non-hydrogen) atoms. The number of hydrogen-bond donors (Lipinski definition) is 1. The molecule has 2 saturated heterocycles. The molecule has 0 aromatic carbocycles. The van der Waals surface area contributed by atoms with E-state index in [0.717, 1.165) is 57.6 Å². The Morgan fingerprint density at radius 3 is 2.69 bits per heavy atom. The average molecular weight is 396 g/mol. The van der Waals surface area contributed by atoms with Crippen molar-refractivity contribution < 1.29 is 14.0 Å². The van der Waals surface area contributed by atoms with Gasteiger partial charge in [0.25, 0.3) is 5.91 Å². The minimum atomic E-state index is -0.0288. The van der Waals surface area contributed by atoms with Crippen molar-refractivity contribution in [1.82, 2.24) is 20.1 Å². The zero-order chi connectivity index (χ0) is 20.1. The van der Waals surface area contributed by atoms with Gasteiger partial charge < -0.3 is 14.6 Å². The van der Waals surface area contributed by atoms with Gasteiger partial charge in [-0.1, -0.05) is 6.07 Å². The van der Waals surface area contributed by atoms with Crippen molar-refractivity contribution in [2.75, 3.05) is 26.2 Å². The Kier molecular flexibility index (Phi) is 6.24. The number of carbonyl (C=O) groups is 2. The smallest absolute Gasteiger partial charge is 0.289 e. The van der Waals surface area contributed by atoms with Crippen LogP contribution in [0.4, 0.5) is 0 Å². The fourth-order valence-electron chi connectivity index (χ4n) is 4.37. The maximum atomic E-state index is 12.6. The molecule has 4 rings (SSSR count). The number of piperidine rings is 2. The van der Waals surface area contributed by atoms with E-state index in [1.807, 2.05) is 23.1 Å². The van der Waals surface area contributed by atoms with E-state index in [9.17, 15) is 9.59 Å². The zero-order valence-electron chi connectivity index (χ0n) is 16.6. The minimum Gasteiger partial charge on any atom is -0.459 e. The van der Waals surface area contributed by atoms with Crippen LogP contribution in [0.2, 0.25) is 0 Å². The Morgan fingerprint density at radius 1 is 1.10 bits per heavy atom. The maximum absolute atomic E-state index is 12.6. The predicted molar refractivity (Wildman–Crippen MR) is 108 cm³/mol. The molecule has 7 heteroatoms. The van der Waals surface area contributed by atoms with E-state index < -0.39 is 0 Å². The van der Waals surface area contributed by atoms with Crippen LogP contribution in [0.3, 0.4) is 0 Å². The summed E-state index contributed by atoms with van der Waals surface area (Å²) in [7, 11) is 0. The van der Waals surface area contributed by atoms with Crippen molar-refractivity contribution in [3.05, 3.63) is 54.2 Å². The average Bonchev–Trinajstić information content (AvgIpc) is 3.33. The molecule has 7 nitrogen and oxygen atoms in total. The van der Waals surface area contributed by atoms with Gasteiger partial charge in [-0.25, -0.2) is 0 Å². The molecule has 2 aromatic rings. The van der Waals surface area contributed by atoms with E-state index in [2.05, 4.69) is 15.2 Å². The molecule has 154 valence electrons. The molecule has 2 aromatic heterocycles. The van der Waals surface area contributed by atoms with Crippen LogP contribution in [0, 0.1) is 5.92 Å². The molecule has 0 radical (unpaired) electrons. The van der Waals surface area contributed by atoms with E-state index >= 15 is 0 Å². The summed E-state index contributed by atoms with van der Waals surface area (Å²) in [6.07, 6.45) is 7.12. The monoisotopic (exact) mass is 396 g/mol. The fraction of sp³-hybridized carbons (Fsp3) is 0.500. The third-order valence-electron chi connectivity index (χ3n) is 5.99. The highest BCUT2D eigenvalue weighted by atomic mass is 16.3. The van der Waals surface area contributed by atoms with Gasteiger partial charge in [0.2, 0.25) is 5.91 Å². The lowest BCUT2D eigenvalue weighted by molar-refractivity contribution is -0.127. The SMILES string of the molecule is O=C(NCc1ccccn1)[C@@H]1CCCN(C2CCN(C(=O)c3ccco3)CC2)C1. The number of furan rings is 1. The Balaban J connectivity index is 1.25. The van der Waals surface area contributed by atoms with Crippen molar-refractivity contribution in [2.24, 2.45) is 5.92 Å². The number of nitrogens with one attached hydrogen (secondary N) is 1. The quantitative estimate of drug-likeness (QED) is 0.839. The van der Waals surface area contributed by atoms with Crippen LogP contribution in [0.5, 0.6) is 0 Å².